The Labute approximate surface area is 153 Å². The number of carbonyl (C=O) groups is 2. The molecule has 24 heavy (non-hydrogen) atoms. The smallest absolute Gasteiger partial charge is 0.329 e. The van der Waals surface area contributed by atoms with Crippen LogP contribution in [-0.4, -0.2) is 35.7 Å². The Morgan fingerprint density at radius 2 is 1.79 bits per heavy atom. The zero-order chi connectivity index (χ0) is 17.1. The van der Waals surface area contributed by atoms with Gasteiger partial charge in [-0.05, 0) is 29.8 Å². The standard InChI is InChI=1S/C18H16BrNO3S/c1-23-18(22)15-11-24-17(13-5-3-2-4-6-13)20(15)16(21)12-7-9-14(19)10-8-12/h2-10,15,17H,11H2,1H3. The Kier molecular flexibility index (Phi) is 5.26. The topological polar surface area (TPSA) is 46.6 Å². The normalized spacial score (nSPS) is 20.0. The number of hydrogen-bond donors (Lipinski definition) is 0. The van der Waals surface area contributed by atoms with Crippen LogP contribution in [0.3, 0.4) is 0 Å². The molecule has 1 aliphatic heterocycles. The third-order valence-corrected chi connectivity index (χ3v) is 5.74. The van der Waals surface area contributed by atoms with Crippen LogP contribution in [-0.2, 0) is 9.53 Å². The van der Waals surface area contributed by atoms with E-state index >= 15 is 0 Å². The molecule has 2 unspecified atom stereocenters. The number of rotatable bonds is 3. The number of ether oxygens (including phenoxy) is 1. The number of nitrogens with zero attached hydrogens (tertiary/aromatic N) is 1. The van der Waals surface area contributed by atoms with E-state index in [1.807, 2.05) is 42.5 Å². The van der Waals surface area contributed by atoms with Crippen molar-refractivity contribution in [1.82, 2.24) is 4.90 Å². The number of thioether (sulfide) groups is 1. The van der Waals surface area contributed by atoms with E-state index < -0.39 is 6.04 Å². The van der Waals surface area contributed by atoms with Gasteiger partial charge in [0.25, 0.3) is 5.91 Å². The van der Waals surface area contributed by atoms with Crippen molar-refractivity contribution in [3.05, 3.63) is 70.2 Å². The second-order valence-corrected chi connectivity index (χ2v) is 7.38. The number of hydrogen-bond acceptors (Lipinski definition) is 4. The number of benzene rings is 2. The minimum absolute atomic E-state index is 0.170. The highest BCUT2D eigenvalue weighted by Gasteiger charge is 2.43. The molecule has 2 atom stereocenters. The molecular formula is C18H16BrNO3S. The number of carbonyl (C=O) groups excluding carboxylic acids is 2. The van der Waals surface area contributed by atoms with Crippen LogP contribution in [0.15, 0.2) is 59.1 Å². The highest BCUT2D eigenvalue weighted by Crippen LogP contribution is 2.42. The monoisotopic (exact) mass is 405 g/mol. The number of halogens is 1. The van der Waals surface area contributed by atoms with E-state index in [0.29, 0.717) is 11.3 Å². The van der Waals surface area contributed by atoms with Crippen molar-refractivity contribution in [2.45, 2.75) is 11.4 Å². The summed E-state index contributed by atoms with van der Waals surface area (Å²) in [5.41, 5.74) is 1.55. The van der Waals surface area contributed by atoms with Gasteiger partial charge in [-0.3, -0.25) is 4.79 Å². The highest BCUT2D eigenvalue weighted by atomic mass is 79.9. The molecule has 3 rings (SSSR count). The number of methoxy groups -OCH3 is 1. The molecule has 2 aromatic carbocycles. The first-order valence-corrected chi connectivity index (χ1v) is 9.28. The van der Waals surface area contributed by atoms with Crippen LogP contribution < -0.4 is 0 Å². The lowest BCUT2D eigenvalue weighted by atomic mass is 10.1. The van der Waals surface area contributed by atoms with Crippen LogP contribution in [0.2, 0.25) is 0 Å². The first-order chi connectivity index (χ1) is 11.6. The van der Waals surface area contributed by atoms with Gasteiger partial charge in [-0.2, -0.15) is 0 Å². The molecular weight excluding hydrogens is 390 g/mol. The molecule has 6 heteroatoms. The van der Waals surface area contributed by atoms with Crippen molar-refractivity contribution in [3.63, 3.8) is 0 Å². The van der Waals surface area contributed by atoms with Gasteiger partial charge in [-0.25, -0.2) is 4.79 Å². The van der Waals surface area contributed by atoms with Gasteiger partial charge in [0.05, 0.1) is 7.11 Å². The lowest BCUT2D eigenvalue weighted by molar-refractivity contribution is -0.145. The molecule has 124 valence electrons. The largest absolute Gasteiger partial charge is 0.467 e. The Hall–Kier alpha value is -1.79. The third kappa shape index (κ3) is 3.35. The molecule has 0 saturated carbocycles. The Bertz CT molecular complexity index is 736. The molecule has 0 N–H and O–H groups in total. The van der Waals surface area contributed by atoms with Crippen LogP contribution in [0.25, 0.3) is 0 Å². The van der Waals surface area contributed by atoms with Crippen LogP contribution >= 0.6 is 27.7 Å². The molecule has 2 aromatic rings. The molecule has 1 amide bonds. The third-order valence-electron chi connectivity index (χ3n) is 3.88. The summed E-state index contributed by atoms with van der Waals surface area (Å²) in [6.07, 6.45) is 0. The predicted molar refractivity (Wildman–Crippen MR) is 97.8 cm³/mol. The van der Waals surface area contributed by atoms with Gasteiger partial charge in [-0.15, -0.1) is 11.8 Å². The quantitative estimate of drug-likeness (QED) is 0.726. The number of esters is 1. The lowest BCUT2D eigenvalue weighted by Gasteiger charge is -2.28. The van der Waals surface area contributed by atoms with E-state index in [2.05, 4.69) is 15.9 Å². The van der Waals surface area contributed by atoms with Crippen LogP contribution in [0.4, 0.5) is 0 Å². The first kappa shape index (κ1) is 17.0. The summed E-state index contributed by atoms with van der Waals surface area (Å²) >= 11 is 4.95. The molecule has 0 radical (unpaired) electrons. The molecule has 1 fully saturated rings. The Balaban J connectivity index is 1.97. The minimum atomic E-state index is -0.582. The summed E-state index contributed by atoms with van der Waals surface area (Å²) in [5, 5.41) is -0.202. The van der Waals surface area contributed by atoms with Gasteiger partial charge < -0.3 is 9.64 Å². The summed E-state index contributed by atoms with van der Waals surface area (Å²) < 4.78 is 5.80. The molecule has 0 spiro atoms. The second-order valence-electron chi connectivity index (χ2n) is 5.35. The van der Waals surface area contributed by atoms with Gasteiger partial charge in [0, 0.05) is 15.8 Å². The van der Waals surface area contributed by atoms with Crippen molar-refractivity contribution in [1.29, 1.82) is 0 Å². The summed E-state index contributed by atoms with van der Waals surface area (Å²) in [6.45, 7) is 0. The first-order valence-electron chi connectivity index (χ1n) is 7.44. The SMILES string of the molecule is COC(=O)C1CSC(c2ccccc2)N1C(=O)c1ccc(Br)cc1. The van der Waals surface area contributed by atoms with Crippen LogP contribution in [0.1, 0.15) is 21.3 Å². The van der Waals surface area contributed by atoms with Gasteiger partial charge in [0.2, 0.25) is 0 Å². The molecule has 1 heterocycles. The van der Waals surface area contributed by atoms with Gasteiger partial charge >= 0.3 is 5.97 Å². The maximum Gasteiger partial charge on any atom is 0.329 e. The lowest BCUT2D eigenvalue weighted by Crippen LogP contribution is -2.43. The average Bonchev–Trinajstić information content (AvgIpc) is 3.07. The van der Waals surface area contributed by atoms with Gasteiger partial charge in [0.1, 0.15) is 11.4 Å². The Morgan fingerprint density at radius 1 is 1.12 bits per heavy atom. The van der Waals surface area contributed by atoms with E-state index in [1.54, 1.807) is 28.8 Å². The van der Waals surface area contributed by atoms with E-state index in [1.165, 1.54) is 7.11 Å². The van der Waals surface area contributed by atoms with Gasteiger partial charge in [-0.1, -0.05) is 46.3 Å². The maximum atomic E-state index is 13.1. The number of amides is 1. The fourth-order valence-corrected chi connectivity index (χ4v) is 4.37. The van der Waals surface area contributed by atoms with Crippen molar-refractivity contribution < 1.29 is 14.3 Å². The summed E-state index contributed by atoms with van der Waals surface area (Å²) in [5.74, 6) is -0.0303. The van der Waals surface area contributed by atoms with E-state index in [4.69, 9.17) is 4.74 Å². The fraction of sp³-hybridized carbons (Fsp3) is 0.222. The Morgan fingerprint density at radius 3 is 2.42 bits per heavy atom. The highest BCUT2D eigenvalue weighted by molar-refractivity contribution is 9.10. The summed E-state index contributed by atoms with van der Waals surface area (Å²) in [7, 11) is 1.35. The minimum Gasteiger partial charge on any atom is -0.467 e. The average molecular weight is 406 g/mol. The molecule has 0 aromatic heterocycles. The van der Waals surface area contributed by atoms with Gasteiger partial charge in [0.15, 0.2) is 0 Å². The van der Waals surface area contributed by atoms with Crippen molar-refractivity contribution in [3.8, 4) is 0 Å². The predicted octanol–water partition coefficient (Wildman–Crippen LogP) is 3.88. The van der Waals surface area contributed by atoms with E-state index in [9.17, 15) is 9.59 Å². The van der Waals surface area contributed by atoms with Crippen molar-refractivity contribution >= 4 is 39.6 Å². The molecule has 1 saturated heterocycles. The summed E-state index contributed by atoms with van der Waals surface area (Å²) in [4.78, 5) is 26.9. The second kappa shape index (κ2) is 7.40. The zero-order valence-corrected chi connectivity index (χ0v) is 15.4. The molecule has 4 nitrogen and oxygen atoms in total. The van der Waals surface area contributed by atoms with Crippen molar-refractivity contribution in [2.24, 2.45) is 0 Å². The molecule has 1 aliphatic rings. The van der Waals surface area contributed by atoms with Crippen LogP contribution in [0.5, 0.6) is 0 Å². The fourth-order valence-electron chi connectivity index (χ4n) is 2.69. The maximum absolute atomic E-state index is 13.1. The molecule has 0 bridgehead atoms. The zero-order valence-electron chi connectivity index (χ0n) is 13.0. The van der Waals surface area contributed by atoms with E-state index in [-0.39, 0.29) is 17.3 Å². The van der Waals surface area contributed by atoms with E-state index in [0.717, 1.165) is 10.0 Å². The molecule has 0 aliphatic carbocycles. The van der Waals surface area contributed by atoms with Crippen molar-refractivity contribution in [2.75, 3.05) is 12.9 Å². The summed E-state index contributed by atoms with van der Waals surface area (Å²) in [6, 6.07) is 16.3. The van der Waals surface area contributed by atoms with Crippen LogP contribution in [0, 0.1) is 0 Å².